The fourth-order valence-electron chi connectivity index (χ4n) is 3.90. The maximum atomic E-state index is 13.1. The molecule has 1 aliphatic heterocycles. The molecule has 1 saturated heterocycles. The number of benzene rings is 2. The van der Waals surface area contributed by atoms with Crippen LogP contribution in [0.25, 0.3) is 10.9 Å². The third kappa shape index (κ3) is 4.48. The number of rotatable bonds is 5. The molecule has 2 aromatic carbocycles. The molecule has 0 spiro atoms. The van der Waals surface area contributed by atoms with Gasteiger partial charge in [-0.1, -0.05) is 0 Å². The number of aromatic nitrogens is 3. The SMILES string of the molecule is COc1ccc2c(Oc3ccc(N4C(=O)CN(c5cncc(C(F)(F)F)c5)C4=O)cc3C)ncnc2c1. The molecule has 1 aliphatic rings. The molecule has 188 valence electrons. The normalized spacial score (nSPS) is 14.0. The largest absolute Gasteiger partial charge is 0.497 e. The van der Waals surface area contributed by atoms with Crippen LogP contribution < -0.4 is 19.3 Å². The number of anilines is 2. The number of urea groups is 1. The highest BCUT2D eigenvalue weighted by Crippen LogP contribution is 2.35. The van der Waals surface area contributed by atoms with E-state index in [9.17, 15) is 22.8 Å². The summed E-state index contributed by atoms with van der Waals surface area (Å²) in [7, 11) is 1.55. The first kappa shape index (κ1) is 24.0. The van der Waals surface area contributed by atoms with Crippen molar-refractivity contribution in [3.05, 3.63) is 72.3 Å². The molecule has 5 rings (SSSR count). The molecule has 1 fully saturated rings. The van der Waals surface area contributed by atoms with Gasteiger partial charge in [0.1, 0.15) is 24.4 Å². The van der Waals surface area contributed by atoms with E-state index in [4.69, 9.17) is 9.47 Å². The lowest BCUT2D eigenvalue weighted by Crippen LogP contribution is -2.33. The number of halogens is 3. The van der Waals surface area contributed by atoms with Crippen molar-refractivity contribution in [3.8, 4) is 17.4 Å². The van der Waals surface area contributed by atoms with Gasteiger partial charge in [-0.05, 0) is 48.9 Å². The van der Waals surface area contributed by atoms with E-state index in [1.165, 1.54) is 12.4 Å². The summed E-state index contributed by atoms with van der Waals surface area (Å²) in [6.45, 7) is 1.31. The van der Waals surface area contributed by atoms with Crippen LogP contribution in [-0.2, 0) is 11.0 Å². The molecule has 4 aromatic rings. The fourth-order valence-corrected chi connectivity index (χ4v) is 3.90. The first-order valence-electron chi connectivity index (χ1n) is 10.9. The average Bonchev–Trinajstić information content (AvgIpc) is 3.18. The molecule has 0 aliphatic carbocycles. The van der Waals surface area contributed by atoms with E-state index in [0.29, 0.717) is 40.0 Å². The van der Waals surface area contributed by atoms with Crippen LogP contribution in [0.15, 0.2) is 61.2 Å². The monoisotopic (exact) mass is 509 g/mol. The number of fused-ring (bicyclic) bond motifs is 1. The summed E-state index contributed by atoms with van der Waals surface area (Å²) in [5.74, 6) is 0.774. The van der Waals surface area contributed by atoms with Gasteiger partial charge in [0.15, 0.2) is 0 Å². The second kappa shape index (κ2) is 9.04. The second-order valence-corrected chi connectivity index (χ2v) is 8.14. The van der Waals surface area contributed by atoms with Crippen molar-refractivity contribution in [3.63, 3.8) is 0 Å². The van der Waals surface area contributed by atoms with Crippen molar-refractivity contribution >= 4 is 34.2 Å². The number of amides is 3. The van der Waals surface area contributed by atoms with Crippen LogP contribution in [0.2, 0.25) is 0 Å². The predicted molar refractivity (Wildman–Crippen MR) is 127 cm³/mol. The zero-order valence-electron chi connectivity index (χ0n) is 19.5. The molecule has 0 saturated carbocycles. The Labute approximate surface area is 208 Å². The number of aryl methyl sites for hydroxylation is 1. The van der Waals surface area contributed by atoms with Crippen LogP contribution in [0.3, 0.4) is 0 Å². The molecule has 2 aromatic heterocycles. The molecule has 0 bridgehead atoms. The van der Waals surface area contributed by atoms with Gasteiger partial charge in [0, 0.05) is 12.3 Å². The summed E-state index contributed by atoms with van der Waals surface area (Å²) in [6, 6.07) is 9.94. The summed E-state index contributed by atoms with van der Waals surface area (Å²) in [4.78, 5) is 39.6. The number of alkyl halides is 3. The van der Waals surface area contributed by atoms with E-state index in [1.54, 1.807) is 44.4 Å². The maximum absolute atomic E-state index is 13.1. The molecule has 9 nitrogen and oxygen atoms in total. The zero-order chi connectivity index (χ0) is 26.3. The number of methoxy groups -OCH3 is 1. The van der Waals surface area contributed by atoms with E-state index in [2.05, 4.69) is 15.0 Å². The number of carbonyl (C=O) groups excluding carboxylic acids is 2. The van der Waals surface area contributed by atoms with E-state index < -0.39 is 30.2 Å². The minimum absolute atomic E-state index is 0.125. The lowest BCUT2D eigenvalue weighted by atomic mass is 10.2. The first-order chi connectivity index (χ1) is 17.7. The van der Waals surface area contributed by atoms with Crippen molar-refractivity contribution in [2.45, 2.75) is 13.1 Å². The number of imide groups is 1. The number of hydrogen-bond acceptors (Lipinski definition) is 7. The third-order valence-corrected chi connectivity index (χ3v) is 5.76. The Kier molecular flexibility index (Phi) is 5.86. The van der Waals surface area contributed by atoms with Gasteiger partial charge in [-0.25, -0.2) is 19.7 Å². The van der Waals surface area contributed by atoms with Crippen molar-refractivity contribution < 1.29 is 32.2 Å². The van der Waals surface area contributed by atoms with Crippen LogP contribution in [0.4, 0.5) is 29.3 Å². The minimum atomic E-state index is -4.64. The minimum Gasteiger partial charge on any atom is -0.497 e. The lowest BCUT2D eigenvalue weighted by molar-refractivity contribution is -0.137. The van der Waals surface area contributed by atoms with Gasteiger partial charge >= 0.3 is 12.2 Å². The van der Waals surface area contributed by atoms with E-state index >= 15 is 0 Å². The van der Waals surface area contributed by atoms with E-state index in [1.807, 2.05) is 0 Å². The van der Waals surface area contributed by atoms with Gasteiger partial charge in [-0.3, -0.25) is 14.7 Å². The Hall–Kier alpha value is -4.74. The van der Waals surface area contributed by atoms with Crippen LogP contribution in [0, 0.1) is 6.92 Å². The first-order valence-corrected chi connectivity index (χ1v) is 10.9. The molecule has 37 heavy (non-hydrogen) atoms. The topological polar surface area (TPSA) is 97.8 Å². The Balaban J connectivity index is 1.40. The number of nitrogens with zero attached hydrogens (tertiary/aromatic N) is 5. The lowest BCUT2D eigenvalue weighted by Gasteiger charge is -2.19. The van der Waals surface area contributed by atoms with Crippen molar-refractivity contribution in [2.75, 3.05) is 23.5 Å². The van der Waals surface area contributed by atoms with E-state index in [-0.39, 0.29) is 11.4 Å². The molecular formula is C25H18F3N5O4. The average molecular weight is 509 g/mol. The Morgan fingerprint density at radius 2 is 1.78 bits per heavy atom. The molecule has 3 amide bonds. The summed E-state index contributed by atoms with van der Waals surface area (Å²) in [5, 5.41) is 0.655. The van der Waals surface area contributed by atoms with Crippen molar-refractivity contribution in [1.29, 1.82) is 0 Å². The highest BCUT2D eigenvalue weighted by Gasteiger charge is 2.39. The zero-order valence-corrected chi connectivity index (χ0v) is 19.5. The molecular weight excluding hydrogens is 491 g/mol. The van der Waals surface area contributed by atoms with Crippen molar-refractivity contribution in [2.24, 2.45) is 0 Å². The summed E-state index contributed by atoms with van der Waals surface area (Å²) in [6.07, 6.45) is -1.51. The van der Waals surface area contributed by atoms with Crippen LogP contribution >= 0.6 is 0 Å². The number of pyridine rings is 1. The van der Waals surface area contributed by atoms with Crippen molar-refractivity contribution in [1.82, 2.24) is 15.0 Å². The maximum Gasteiger partial charge on any atom is 0.417 e. The summed E-state index contributed by atoms with van der Waals surface area (Å²) >= 11 is 0. The second-order valence-electron chi connectivity index (χ2n) is 8.14. The molecule has 0 radical (unpaired) electrons. The van der Waals surface area contributed by atoms with Crippen LogP contribution in [0.5, 0.6) is 17.4 Å². The molecule has 0 N–H and O–H groups in total. The number of ether oxygens (including phenoxy) is 2. The Morgan fingerprint density at radius 1 is 0.973 bits per heavy atom. The molecule has 0 unspecified atom stereocenters. The molecule has 3 heterocycles. The van der Waals surface area contributed by atoms with Gasteiger partial charge in [0.05, 0.1) is 41.1 Å². The third-order valence-electron chi connectivity index (χ3n) is 5.76. The fraction of sp³-hybridized carbons (Fsp3) is 0.160. The summed E-state index contributed by atoms with van der Waals surface area (Å²) < 4.78 is 50.5. The summed E-state index contributed by atoms with van der Waals surface area (Å²) in [5.41, 5.74) is 0.324. The highest BCUT2D eigenvalue weighted by molar-refractivity contribution is 6.27. The Morgan fingerprint density at radius 3 is 2.51 bits per heavy atom. The standard InChI is InChI=1S/C25H18F3N5O4/c1-14-7-16(3-6-21(14)37-23-19-5-4-18(36-2)9-20(19)30-13-31-23)33-22(34)12-32(24(33)35)17-8-15(10-29-11-17)25(26,27)28/h3-11,13H,12H2,1-2H3. The van der Waals surface area contributed by atoms with E-state index in [0.717, 1.165) is 22.1 Å². The quantitative estimate of drug-likeness (QED) is 0.344. The number of hydrogen-bond donors (Lipinski definition) is 0. The molecule has 12 heteroatoms. The smallest absolute Gasteiger partial charge is 0.417 e. The van der Waals surface area contributed by atoms with Crippen LogP contribution in [0.1, 0.15) is 11.1 Å². The van der Waals surface area contributed by atoms with Gasteiger partial charge in [-0.2, -0.15) is 13.2 Å². The van der Waals surface area contributed by atoms with Crippen LogP contribution in [-0.4, -0.2) is 40.5 Å². The van der Waals surface area contributed by atoms with Gasteiger partial charge in [-0.15, -0.1) is 0 Å². The highest BCUT2D eigenvalue weighted by atomic mass is 19.4. The van der Waals surface area contributed by atoms with Gasteiger partial charge in [0.2, 0.25) is 5.88 Å². The Bertz CT molecular complexity index is 1540. The van der Waals surface area contributed by atoms with Gasteiger partial charge < -0.3 is 9.47 Å². The van der Waals surface area contributed by atoms with Gasteiger partial charge in [0.25, 0.3) is 5.91 Å². The number of carbonyl (C=O) groups is 2. The molecule has 0 atom stereocenters. The predicted octanol–water partition coefficient (Wildman–Crippen LogP) is 5.13.